The molecule has 3 rings (SSSR count). The van der Waals surface area contributed by atoms with E-state index in [2.05, 4.69) is 0 Å². The molecule has 0 spiro atoms. The maximum absolute atomic E-state index is 11.8. The lowest BCUT2D eigenvalue weighted by molar-refractivity contribution is 0.0600. The number of aromatic carboxylic acids is 1. The van der Waals surface area contributed by atoms with Gasteiger partial charge in [-0.2, -0.15) is 0 Å². The van der Waals surface area contributed by atoms with Crippen LogP contribution in [0.1, 0.15) is 26.3 Å². The van der Waals surface area contributed by atoms with Crippen LogP contribution in [0, 0.1) is 0 Å². The highest BCUT2D eigenvalue weighted by Gasteiger charge is 2.13. The van der Waals surface area contributed by atoms with Gasteiger partial charge in [0.1, 0.15) is 12.4 Å². The maximum Gasteiger partial charge on any atom is 0.337 e. The smallest absolute Gasteiger partial charge is 0.337 e. The molecule has 0 aliphatic carbocycles. The van der Waals surface area contributed by atoms with Crippen molar-refractivity contribution >= 4 is 11.9 Å². The summed E-state index contributed by atoms with van der Waals surface area (Å²) in [5.74, 6) is -0.989. The van der Waals surface area contributed by atoms with E-state index in [1.54, 1.807) is 6.07 Å². The average molecular weight is 362 g/mol. The van der Waals surface area contributed by atoms with Gasteiger partial charge >= 0.3 is 11.9 Å². The zero-order chi connectivity index (χ0) is 19.2. The number of carboxylic acid groups (broad SMARTS) is 1. The number of rotatable bonds is 6. The van der Waals surface area contributed by atoms with Crippen molar-refractivity contribution < 1.29 is 24.2 Å². The average Bonchev–Trinajstić information content (AvgIpc) is 2.72. The molecule has 136 valence electrons. The molecule has 0 aliphatic heterocycles. The van der Waals surface area contributed by atoms with Gasteiger partial charge in [0.15, 0.2) is 0 Å². The summed E-state index contributed by atoms with van der Waals surface area (Å²) in [5.41, 5.74) is 2.67. The molecule has 0 saturated carbocycles. The van der Waals surface area contributed by atoms with E-state index in [-0.39, 0.29) is 11.1 Å². The fourth-order valence-electron chi connectivity index (χ4n) is 2.64. The molecule has 0 aliphatic rings. The molecule has 0 heterocycles. The van der Waals surface area contributed by atoms with Crippen LogP contribution in [-0.4, -0.2) is 24.2 Å². The number of carbonyl (C=O) groups excluding carboxylic acids is 1. The van der Waals surface area contributed by atoms with Gasteiger partial charge in [0.05, 0.1) is 18.2 Å². The number of hydrogen-bond acceptors (Lipinski definition) is 4. The van der Waals surface area contributed by atoms with Crippen molar-refractivity contribution in [2.45, 2.75) is 6.61 Å². The number of carbonyl (C=O) groups is 2. The number of hydrogen-bond donors (Lipinski definition) is 1. The summed E-state index contributed by atoms with van der Waals surface area (Å²) in [6, 6.07) is 21.5. The lowest BCUT2D eigenvalue weighted by Gasteiger charge is -2.09. The predicted molar refractivity (Wildman–Crippen MR) is 101 cm³/mol. The Kier molecular flexibility index (Phi) is 5.52. The summed E-state index contributed by atoms with van der Waals surface area (Å²) < 4.78 is 10.5. The molecule has 1 N–H and O–H groups in total. The Morgan fingerprint density at radius 3 is 2.15 bits per heavy atom. The molecule has 3 aromatic carbocycles. The molecule has 0 unspecified atom stereocenters. The Labute approximate surface area is 156 Å². The minimum Gasteiger partial charge on any atom is -0.489 e. The van der Waals surface area contributed by atoms with Gasteiger partial charge in [0, 0.05) is 0 Å². The van der Waals surface area contributed by atoms with E-state index in [0.29, 0.717) is 17.9 Å². The van der Waals surface area contributed by atoms with Gasteiger partial charge in [-0.1, -0.05) is 42.5 Å². The Morgan fingerprint density at radius 1 is 0.852 bits per heavy atom. The molecule has 5 nitrogen and oxygen atoms in total. The van der Waals surface area contributed by atoms with Crippen molar-refractivity contribution in [2.24, 2.45) is 0 Å². The highest BCUT2D eigenvalue weighted by molar-refractivity contribution is 5.96. The minimum absolute atomic E-state index is 0.0253. The number of ether oxygens (including phenoxy) is 2. The van der Waals surface area contributed by atoms with Gasteiger partial charge in [0.25, 0.3) is 0 Å². The van der Waals surface area contributed by atoms with E-state index < -0.39 is 11.9 Å². The Morgan fingerprint density at radius 2 is 1.52 bits per heavy atom. The second-order valence-electron chi connectivity index (χ2n) is 5.89. The molecule has 0 amide bonds. The van der Waals surface area contributed by atoms with Crippen molar-refractivity contribution in [1.82, 2.24) is 0 Å². The molecular weight excluding hydrogens is 344 g/mol. The monoisotopic (exact) mass is 362 g/mol. The summed E-state index contributed by atoms with van der Waals surface area (Å²) in [4.78, 5) is 23.2. The number of benzene rings is 3. The van der Waals surface area contributed by atoms with Crippen molar-refractivity contribution in [3.05, 3.63) is 89.5 Å². The minimum atomic E-state index is -1.11. The van der Waals surface area contributed by atoms with Crippen LogP contribution in [0.15, 0.2) is 72.8 Å². The van der Waals surface area contributed by atoms with E-state index in [4.69, 9.17) is 9.47 Å². The molecule has 0 aromatic heterocycles. The summed E-state index contributed by atoms with van der Waals surface area (Å²) in [6.45, 7) is 0.459. The first-order chi connectivity index (χ1) is 13.1. The largest absolute Gasteiger partial charge is 0.489 e. The fraction of sp³-hybridized carbons (Fsp3) is 0.0909. The number of esters is 1. The first-order valence-corrected chi connectivity index (χ1v) is 8.30. The second-order valence-corrected chi connectivity index (χ2v) is 5.89. The van der Waals surface area contributed by atoms with Crippen LogP contribution in [0.2, 0.25) is 0 Å². The van der Waals surface area contributed by atoms with Gasteiger partial charge in [-0.3, -0.25) is 0 Å². The highest BCUT2D eigenvalue weighted by atomic mass is 16.5. The van der Waals surface area contributed by atoms with Crippen molar-refractivity contribution in [1.29, 1.82) is 0 Å². The lowest BCUT2D eigenvalue weighted by atomic mass is 9.99. The molecule has 0 saturated heterocycles. The summed E-state index contributed by atoms with van der Waals surface area (Å²) in [6.07, 6.45) is 0. The molecule has 27 heavy (non-hydrogen) atoms. The summed E-state index contributed by atoms with van der Waals surface area (Å²) in [5, 5.41) is 9.29. The number of methoxy groups -OCH3 is 1. The van der Waals surface area contributed by atoms with Crippen LogP contribution in [-0.2, 0) is 11.3 Å². The normalized spacial score (nSPS) is 10.3. The standard InChI is InChI=1S/C22H18O5/c1-26-22(25)19-12-17(11-18(13-19)21(23)24)16-7-9-20(10-8-16)27-14-15-5-3-2-4-6-15/h2-13H,14H2,1H3,(H,23,24). The molecule has 0 radical (unpaired) electrons. The van der Waals surface area contributed by atoms with E-state index in [0.717, 1.165) is 11.1 Å². The topological polar surface area (TPSA) is 72.8 Å². The quantitative estimate of drug-likeness (QED) is 0.657. The molecule has 5 heteroatoms. The van der Waals surface area contributed by atoms with E-state index in [9.17, 15) is 14.7 Å². The lowest BCUT2D eigenvalue weighted by Crippen LogP contribution is -2.05. The first kappa shape index (κ1) is 18.2. The maximum atomic E-state index is 11.8. The van der Waals surface area contributed by atoms with E-state index in [1.165, 1.54) is 19.2 Å². The third-order valence-corrected chi connectivity index (χ3v) is 4.04. The van der Waals surface area contributed by atoms with E-state index in [1.807, 2.05) is 54.6 Å². The predicted octanol–water partition coefficient (Wildman–Crippen LogP) is 4.42. The highest BCUT2D eigenvalue weighted by Crippen LogP contribution is 2.26. The molecule has 0 atom stereocenters. The van der Waals surface area contributed by atoms with E-state index >= 15 is 0 Å². The third kappa shape index (κ3) is 4.52. The van der Waals surface area contributed by atoms with Crippen LogP contribution in [0.5, 0.6) is 5.75 Å². The van der Waals surface area contributed by atoms with Crippen LogP contribution < -0.4 is 4.74 Å². The van der Waals surface area contributed by atoms with Crippen LogP contribution in [0.4, 0.5) is 0 Å². The fourth-order valence-corrected chi connectivity index (χ4v) is 2.64. The SMILES string of the molecule is COC(=O)c1cc(C(=O)O)cc(-c2ccc(OCc3ccccc3)cc2)c1. The first-order valence-electron chi connectivity index (χ1n) is 8.30. The third-order valence-electron chi connectivity index (χ3n) is 4.04. The Hall–Kier alpha value is -3.60. The van der Waals surface area contributed by atoms with Gasteiger partial charge < -0.3 is 14.6 Å². The summed E-state index contributed by atoms with van der Waals surface area (Å²) in [7, 11) is 1.26. The number of carboxylic acids is 1. The molecule has 0 bridgehead atoms. The molecule has 3 aromatic rings. The molecular formula is C22H18O5. The Bertz CT molecular complexity index is 946. The van der Waals surface area contributed by atoms with Gasteiger partial charge in [-0.25, -0.2) is 9.59 Å². The van der Waals surface area contributed by atoms with Crippen LogP contribution in [0.3, 0.4) is 0 Å². The van der Waals surface area contributed by atoms with Crippen molar-refractivity contribution in [2.75, 3.05) is 7.11 Å². The van der Waals surface area contributed by atoms with Gasteiger partial charge in [0.2, 0.25) is 0 Å². The van der Waals surface area contributed by atoms with Crippen LogP contribution in [0.25, 0.3) is 11.1 Å². The van der Waals surface area contributed by atoms with Crippen molar-refractivity contribution in [3.63, 3.8) is 0 Å². The molecule has 0 fully saturated rings. The van der Waals surface area contributed by atoms with Gasteiger partial charge in [-0.05, 0) is 47.0 Å². The Balaban J connectivity index is 1.82. The zero-order valence-electron chi connectivity index (χ0n) is 14.7. The zero-order valence-corrected chi connectivity index (χ0v) is 14.7. The van der Waals surface area contributed by atoms with Crippen LogP contribution >= 0.6 is 0 Å². The van der Waals surface area contributed by atoms with Crippen molar-refractivity contribution in [3.8, 4) is 16.9 Å². The second kappa shape index (κ2) is 8.19. The van der Waals surface area contributed by atoms with Gasteiger partial charge in [-0.15, -0.1) is 0 Å². The summed E-state index contributed by atoms with van der Waals surface area (Å²) >= 11 is 0.